The van der Waals surface area contributed by atoms with E-state index in [4.69, 9.17) is 17.7 Å². The minimum absolute atomic E-state index is 0.175. The molecule has 2 aliphatic heterocycles. The van der Waals surface area contributed by atoms with E-state index in [0.717, 1.165) is 25.7 Å². The topological polar surface area (TPSA) is 105 Å². The number of cyclic esters (lactones) is 4. The summed E-state index contributed by atoms with van der Waals surface area (Å²) in [7, 11) is -7.03. The monoisotopic (exact) mass is 536 g/mol. The zero-order valence-electron chi connectivity index (χ0n) is 21.4. The SMILES string of the molecule is C[Si](C)(O[Si](C)(C)[C@@H]1C[C@@H]2C[C@H]1[C@@H]1C(=O)OC(=O)[C@H]21)O[Si](C)(C)[C@H]1C[C@H]2C[C@@H]1[C@H]1C(=O)OC(=O)[C@@H]21. The van der Waals surface area contributed by atoms with Gasteiger partial charge in [-0.25, -0.2) is 0 Å². The van der Waals surface area contributed by atoms with Crippen LogP contribution in [0.15, 0.2) is 0 Å². The second-order valence-electron chi connectivity index (χ2n) is 13.4. The summed E-state index contributed by atoms with van der Waals surface area (Å²) in [6.07, 6.45) is 3.72. The lowest BCUT2D eigenvalue weighted by Gasteiger charge is -2.46. The molecular formula is C24H36O8Si3. The summed E-state index contributed by atoms with van der Waals surface area (Å²) in [6, 6.07) is 0. The van der Waals surface area contributed by atoms with Crippen molar-refractivity contribution in [3.05, 3.63) is 0 Å². The van der Waals surface area contributed by atoms with Crippen molar-refractivity contribution in [1.82, 2.24) is 0 Å². The highest BCUT2D eigenvalue weighted by Gasteiger charge is 2.68. The summed E-state index contributed by atoms with van der Waals surface area (Å²) >= 11 is 0. The molecule has 0 amide bonds. The lowest BCUT2D eigenvalue weighted by atomic mass is 9.81. The Morgan fingerprint density at radius 1 is 0.571 bits per heavy atom. The second-order valence-corrected chi connectivity index (χ2v) is 25.7. The van der Waals surface area contributed by atoms with Crippen molar-refractivity contribution in [2.45, 2.75) is 76.0 Å². The molecule has 0 radical (unpaired) electrons. The summed E-state index contributed by atoms with van der Waals surface area (Å²) in [5.41, 5.74) is 0.629. The number of fused-ring (bicyclic) bond motifs is 10. The smallest absolute Gasteiger partial charge is 0.317 e. The molecule has 0 N–H and O–H groups in total. The van der Waals surface area contributed by atoms with E-state index in [1.807, 2.05) is 0 Å². The van der Waals surface area contributed by atoms with E-state index in [-0.39, 0.29) is 71.2 Å². The van der Waals surface area contributed by atoms with Crippen molar-refractivity contribution < 1.29 is 36.9 Å². The highest BCUT2D eigenvalue weighted by Crippen LogP contribution is 2.65. The summed E-state index contributed by atoms with van der Waals surface area (Å²) in [5.74, 6) is -1.53. The van der Waals surface area contributed by atoms with Crippen molar-refractivity contribution in [2.24, 2.45) is 47.3 Å². The molecule has 6 rings (SSSR count). The Hall–Kier alpha value is -1.15. The first kappa shape index (κ1) is 24.2. The molecule has 6 aliphatic rings. The first-order chi connectivity index (χ1) is 16.2. The van der Waals surface area contributed by atoms with Crippen LogP contribution in [-0.4, -0.2) is 49.1 Å². The second kappa shape index (κ2) is 7.46. The van der Waals surface area contributed by atoms with Gasteiger partial charge in [0.2, 0.25) is 0 Å². The largest absolute Gasteiger partial charge is 0.436 e. The van der Waals surface area contributed by atoms with Crippen LogP contribution < -0.4 is 0 Å². The van der Waals surface area contributed by atoms with Crippen LogP contribution in [0.4, 0.5) is 0 Å². The van der Waals surface area contributed by atoms with Crippen LogP contribution in [0.2, 0.25) is 50.4 Å². The van der Waals surface area contributed by atoms with Gasteiger partial charge in [-0.2, -0.15) is 0 Å². The molecule has 0 spiro atoms. The predicted octanol–water partition coefficient (Wildman–Crippen LogP) is 3.58. The predicted molar refractivity (Wildman–Crippen MR) is 131 cm³/mol. The zero-order valence-corrected chi connectivity index (χ0v) is 24.4. The Labute approximate surface area is 209 Å². The number of hydrogen-bond donors (Lipinski definition) is 0. The minimum atomic E-state index is -2.54. The Balaban J connectivity index is 1.15. The maximum atomic E-state index is 12.4. The number of ether oxygens (including phenoxy) is 2. The Bertz CT molecular complexity index is 946. The van der Waals surface area contributed by atoms with E-state index >= 15 is 0 Å². The lowest BCUT2D eigenvalue weighted by Crippen LogP contribution is -2.57. The fourth-order valence-electron chi connectivity index (χ4n) is 9.55. The molecule has 11 heteroatoms. The Morgan fingerprint density at radius 2 is 0.914 bits per heavy atom. The minimum Gasteiger partial charge on any atom is -0.436 e. The van der Waals surface area contributed by atoms with Crippen LogP contribution >= 0.6 is 0 Å². The van der Waals surface area contributed by atoms with E-state index in [0.29, 0.717) is 11.1 Å². The molecule has 4 bridgehead atoms. The summed E-state index contributed by atoms with van der Waals surface area (Å²) in [5, 5.41) is 0. The number of rotatable bonds is 6. The molecule has 4 aliphatic carbocycles. The van der Waals surface area contributed by atoms with Gasteiger partial charge < -0.3 is 17.7 Å². The van der Waals surface area contributed by atoms with Crippen molar-refractivity contribution in [2.75, 3.05) is 0 Å². The maximum Gasteiger partial charge on any atom is 0.317 e. The van der Waals surface area contributed by atoms with Gasteiger partial charge in [-0.15, -0.1) is 0 Å². The standard InChI is InChI=1S/C24H36O8Si3/c1-33(2,15-9-11-7-13(15)19-17(11)21(25)29-23(19)27)31-35(5,6)32-34(3,4)16-10-12-8-14(16)20-18(12)22(26)30-24(20)28/h11-20H,7-10H2,1-6H3/t11-,12+,13+,14-,15+,16-,17+,18-,19-,20+. The molecule has 35 heavy (non-hydrogen) atoms. The van der Waals surface area contributed by atoms with Crippen molar-refractivity contribution in [3.8, 4) is 0 Å². The zero-order chi connectivity index (χ0) is 25.2. The van der Waals surface area contributed by atoms with Gasteiger partial charge in [0.15, 0.2) is 16.6 Å². The van der Waals surface area contributed by atoms with Crippen molar-refractivity contribution in [3.63, 3.8) is 0 Å². The third-order valence-electron chi connectivity index (χ3n) is 10.3. The highest BCUT2D eigenvalue weighted by molar-refractivity contribution is 6.88. The Morgan fingerprint density at radius 3 is 1.29 bits per heavy atom. The average molecular weight is 537 g/mol. The molecule has 10 atom stereocenters. The van der Waals surface area contributed by atoms with Crippen LogP contribution in [0.25, 0.3) is 0 Å². The quantitative estimate of drug-likeness (QED) is 0.288. The van der Waals surface area contributed by atoms with Crippen LogP contribution in [0.5, 0.6) is 0 Å². The maximum absolute atomic E-state index is 12.4. The molecule has 0 unspecified atom stereocenters. The molecule has 2 heterocycles. The van der Waals surface area contributed by atoms with Crippen LogP contribution in [-0.2, 0) is 36.9 Å². The molecule has 8 nitrogen and oxygen atoms in total. The molecule has 0 aromatic heterocycles. The van der Waals surface area contributed by atoms with Gasteiger partial charge in [0.25, 0.3) is 0 Å². The van der Waals surface area contributed by atoms with Gasteiger partial charge in [0, 0.05) is 0 Å². The highest BCUT2D eigenvalue weighted by atomic mass is 28.5. The van der Waals surface area contributed by atoms with Crippen molar-refractivity contribution in [1.29, 1.82) is 0 Å². The van der Waals surface area contributed by atoms with Gasteiger partial charge in [-0.1, -0.05) is 0 Å². The fourth-order valence-corrected chi connectivity index (χ4v) is 25.9. The summed E-state index contributed by atoms with van der Waals surface area (Å²) < 4.78 is 23.9. The lowest BCUT2D eigenvalue weighted by molar-refractivity contribution is -0.156. The van der Waals surface area contributed by atoms with E-state index < -0.39 is 25.2 Å². The van der Waals surface area contributed by atoms with E-state index in [2.05, 4.69) is 39.3 Å². The van der Waals surface area contributed by atoms with Gasteiger partial charge >= 0.3 is 32.4 Å². The van der Waals surface area contributed by atoms with Crippen molar-refractivity contribution >= 4 is 49.1 Å². The average Bonchev–Trinajstić information content (AvgIpc) is 3.51. The molecule has 0 aromatic carbocycles. The van der Waals surface area contributed by atoms with E-state index in [1.165, 1.54) is 0 Å². The van der Waals surface area contributed by atoms with E-state index in [1.54, 1.807) is 0 Å². The third-order valence-corrected chi connectivity index (χ3v) is 23.3. The number of hydrogen-bond acceptors (Lipinski definition) is 8. The summed E-state index contributed by atoms with van der Waals surface area (Å²) in [4.78, 5) is 49.1. The molecule has 192 valence electrons. The molecule has 2 saturated heterocycles. The summed E-state index contributed by atoms with van der Waals surface area (Å²) in [6.45, 7) is 13.2. The molecule has 0 aromatic rings. The normalized spacial score (nSPS) is 44.2. The molecule has 4 saturated carbocycles. The van der Waals surface area contributed by atoms with Crippen LogP contribution in [0, 0.1) is 47.3 Å². The molecular weight excluding hydrogens is 501 g/mol. The Kier molecular flexibility index (Phi) is 5.16. The van der Waals surface area contributed by atoms with Crippen LogP contribution in [0.1, 0.15) is 25.7 Å². The fraction of sp³-hybridized carbons (Fsp3) is 0.833. The third kappa shape index (κ3) is 3.48. The first-order valence-electron chi connectivity index (χ1n) is 13.1. The molecule has 6 fully saturated rings. The van der Waals surface area contributed by atoms with Gasteiger partial charge in [0.05, 0.1) is 23.7 Å². The van der Waals surface area contributed by atoms with Gasteiger partial charge in [0.1, 0.15) is 0 Å². The number of carbonyl (C=O) groups is 4. The number of esters is 4. The first-order valence-corrected chi connectivity index (χ1v) is 21.9. The van der Waals surface area contributed by atoms with Gasteiger partial charge in [-0.05, 0) is 99.7 Å². The number of carbonyl (C=O) groups excluding carboxylic acids is 4. The van der Waals surface area contributed by atoms with E-state index in [9.17, 15) is 19.2 Å². The van der Waals surface area contributed by atoms with Gasteiger partial charge in [-0.3, -0.25) is 19.2 Å². The van der Waals surface area contributed by atoms with Crippen LogP contribution in [0.3, 0.4) is 0 Å².